The first kappa shape index (κ1) is 13.5. The molecule has 0 amide bonds. The largest absolute Gasteiger partial charge is 0.387 e. The van der Waals surface area contributed by atoms with Crippen molar-refractivity contribution in [2.45, 2.75) is 58.2 Å². The third-order valence-electron chi connectivity index (χ3n) is 4.68. The average Bonchev–Trinajstić information content (AvgIpc) is 2.40. The van der Waals surface area contributed by atoms with Crippen LogP contribution in [0.15, 0.2) is 22.8 Å². The minimum atomic E-state index is -1.22. The molecular weight excluding hydrogens is 228 g/mol. The van der Waals surface area contributed by atoms with Gasteiger partial charge in [0.05, 0.1) is 5.60 Å². The van der Waals surface area contributed by atoms with Crippen LogP contribution in [0, 0.1) is 5.92 Å². The van der Waals surface area contributed by atoms with Gasteiger partial charge in [0.15, 0.2) is 5.78 Å². The van der Waals surface area contributed by atoms with Crippen LogP contribution in [0.5, 0.6) is 0 Å². The third-order valence-corrected chi connectivity index (χ3v) is 4.68. The van der Waals surface area contributed by atoms with Crippen molar-refractivity contribution in [2.75, 3.05) is 0 Å². The van der Waals surface area contributed by atoms with E-state index in [-0.39, 0.29) is 18.1 Å². The highest BCUT2D eigenvalue weighted by Crippen LogP contribution is 2.51. The highest BCUT2D eigenvalue weighted by molar-refractivity contribution is 6.05. The Kier molecular flexibility index (Phi) is 3.03. The van der Waals surface area contributed by atoms with Gasteiger partial charge in [0.25, 0.3) is 0 Å². The highest BCUT2D eigenvalue weighted by atomic mass is 16.4. The van der Waals surface area contributed by atoms with Crippen LogP contribution in [0.25, 0.3) is 0 Å². The quantitative estimate of drug-likeness (QED) is 0.648. The van der Waals surface area contributed by atoms with Crippen LogP contribution in [0.2, 0.25) is 0 Å². The predicted octanol–water partition coefficient (Wildman–Crippen LogP) is 2.13. The second-order valence-electron chi connectivity index (χ2n) is 6.20. The van der Waals surface area contributed by atoms with E-state index in [9.17, 15) is 15.0 Å². The molecule has 1 fully saturated rings. The number of carbonyl (C=O) groups excluding carboxylic acids is 1. The summed E-state index contributed by atoms with van der Waals surface area (Å²) in [4.78, 5) is 12.1. The zero-order valence-corrected chi connectivity index (χ0v) is 11.6. The second kappa shape index (κ2) is 4.04. The van der Waals surface area contributed by atoms with Crippen molar-refractivity contribution in [1.29, 1.82) is 0 Å². The topological polar surface area (TPSA) is 57.5 Å². The smallest absolute Gasteiger partial charge is 0.181 e. The van der Waals surface area contributed by atoms with Gasteiger partial charge in [-0.3, -0.25) is 4.79 Å². The van der Waals surface area contributed by atoms with Gasteiger partial charge in [-0.2, -0.15) is 0 Å². The predicted molar refractivity (Wildman–Crippen MR) is 70.1 cm³/mol. The van der Waals surface area contributed by atoms with E-state index in [2.05, 4.69) is 0 Å². The van der Waals surface area contributed by atoms with Gasteiger partial charge in [0.2, 0.25) is 0 Å². The van der Waals surface area contributed by atoms with Crippen molar-refractivity contribution < 1.29 is 15.0 Å². The van der Waals surface area contributed by atoms with Crippen LogP contribution in [0.3, 0.4) is 0 Å². The standard InChI is InChI=1S/C15H22O3/c1-9(2)11-8-15(18)12(5-6-14(15,4)17)10(3)7-13(11)16/h7,12,17-18H,5-6,8H2,1-4H3/t12?,14-,15+/m0/s1. The van der Waals surface area contributed by atoms with Crippen LogP contribution >= 0.6 is 0 Å². The normalized spacial score (nSPS) is 40.3. The molecule has 0 heterocycles. The summed E-state index contributed by atoms with van der Waals surface area (Å²) in [6.45, 7) is 7.31. The van der Waals surface area contributed by atoms with Gasteiger partial charge in [-0.05, 0) is 46.6 Å². The molecule has 100 valence electrons. The van der Waals surface area contributed by atoms with Gasteiger partial charge in [-0.25, -0.2) is 0 Å². The Hall–Kier alpha value is -0.930. The van der Waals surface area contributed by atoms with E-state index in [4.69, 9.17) is 0 Å². The van der Waals surface area contributed by atoms with E-state index in [0.717, 1.165) is 17.6 Å². The van der Waals surface area contributed by atoms with Gasteiger partial charge in [-0.15, -0.1) is 0 Å². The zero-order valence-electron chi connectivity index (χ0n) is 11.6. The molecule has 18 heavy (non-hydrogen) atoms. The summed E-state index contributed by atoms with van der Waals surface area (Å²) in [6, 6.07) is 0. The first-order chi connectivity index (χ1) is 8.19. The summed E-state index contributed by atoms with van der Waals surface area (Å²) in [5.74, 6) is -0.139. The highest BCUT2D eigenvalue weighted by Gasteiger charge is 2.57. The van der Waals surface area contributed by atoms with E-state index < -0.39 is 11.2 Å². The number of hydrogen-bond acceptors (Lipinski definition) is 3. The van der Waals surface area contributed by atoms with E-state index in [1.807, 2.05) is 20.8 Å². The molecule has 2 N–H and O–H groups in total. The van der Waals surface area contributed by atoms with Crippen molar-refractivity contribution in [3.05, 3.63) is 22.8 Å². The fourth-order valence-electron chi connectivity index (χ4n) is 3.35. The maximum absolute atomic E-state index is 12.1. The third kappa shape index (κ3) is 1.77. The molecule has 3 heteroatoms. The van der Waals surface area contributed by atoms with Crippen molar-refractivity contribution in [3.63, 3.8) is 0 Å². The van der Waals surface area contributed by atoms with E-state index in [1.165, 1.54) is 0 Å². The van der Waals surface area contributed by atoms with Crippen molar-refractivity contribution in [3.8, 4) is 0 Å². The maximum atomic E-state index is 12.1. The van der Waals surface area contributed by atoms with Gasteiger partial charge in [0.1, 0.15) is 5.60 Å². The second-order valence-corrected chi connectivity index (χ2v) is 6.20. The summed E-state index contributed by atoms with van der Waals surface area (Å²) in [7, 11) is 0. The Labute approximate surface area is 108 Å². The van der Waals surface area contributed by atoms with E-state index in [1.54, 1.807) is 13.0 Å². The molecule has 3 nitrogen and oxygen atoms in total. The summed E-state index contributed by atoms with van der Waals surface area (Å²) >= 11 is 0. The molecule has 0 saturated heterocycles. The number of carbonyl (C=O) groups is 1. The van der Waals surface area contributed by atoms with Gasteiger partial charge in [-0.1, -0.05) is 11.1 Å². The first-order valence-electron chi connectivity index (χ1n) is 6.52. The van der Waals surface area contributed by atoms with Gasteiger partial charge >= 0.3 is 0 Å². The fourth-order valence-corrected chi connectivity index (χ4v) is 3.35. The lowest BCUT2D eigenvalue weighted by Crippen LogP contribution is -2.51. The lowest BCUT2D eigenvalue weighted by molar-refractivity contribution is -0.134. The molecule has 2 aliphatic rings. The molecule has 0 aliphatic heterocycles. The van der Waals surface area contributed by atoms with Crippen LogP contribution in [-0.2, 0) is 4.79 Å². The Bertz CT molecular complexity index is 452. The van der Waals surface area contributed by atoms with Crippen LogP contribution < -0.4 is 0 Å². The van der Waals surface area contributed by atoms with Crippen LogP contribution in [0.1, 0.15) is 47.0 Å². The van der Waals surface area contributed by atoms with Gasteiger partial charge < -0.3 is 10.2 Å². The number of hydrogen-bond donors (Lipinski definition) is 2. The molecule has 2 aliphatic carbocycles. The number of rotatable bonds is 0. The summed E-state index contributed by atoms with van der Waals surface area (Å²) in [6.07, 6.45) is 3.19. The fraction of sp³-hybridized carbons (Fsp3) is 0.667. The molecule has 0 aromatic rings. The maximum Gasteiger partial charge on any atom is 0.181 e. The molecule has 0 aromatic carbocycles. The Morgan fingerprint density at radius 1 is 1.39 bits per heavy atom. The summed E-state index contributed by atoms with van der Waals surface area (Å²) in [5, 5.41) is 21.4. The molecule has 0 bridgehead atoms. The lowest BCUT2D eigenvalue weighted by atomic mass is 9.75. The lowest BCUT2D eigenvalue weighted by Gasteiger charge is -2.39. The van der Waals surface area contributed by atoms with E-state index in [0.29, 0.717) is 12.0 Å². The number of fused-ring (bicyclic) bond motifs is 1. The molecular formula is C15H22O3. The molecule has 2 rings (SSSR count). The van der Waals surface area contributed by atoms with Crippen molar-refractivity contribution >= 4 is 5.78 Å². The Morgan fingerprint density at radius 2 is 2.00 bits per heavy atom. The Morgan fingerprint density at radius 3 is 2.56 bits per heavy atom. The summed E-state index contributed by atoms with van der Waals surface area (Å²) in [5.41, 5.74) is 0.101. The van der Waals surface area contributed by atoms with E-state index >= 15 is 0 Å². The summed E-state index contributed by atoms with van der Waals surface area (Å²) < 4.78 is 0. The Balaban J connectivity index is 2.57. The van der Waals surface area contributed by atoms with Crippen molar-refractivity contribution in [2.24, 2.45) is 5.92 Å². The SMILES string of the molecule is CC1=CC(=O)C(=C(C)C)C[C@@]2(O)C1CC[C@]2(C)O. The van der Waals surface area contributed by atoms with Crippen molar-refractivity contribution in [1.82, 2.24) is 0 Å². The molecule has 1 unspecified atom stereocenters. The molecule has 0 spiro atoms. The molecule has 0 aromatic heterocycles. The monoisotopic (exact) mass is 250 g/mol. The molecule has 0 radical (unpaired) electrons. The minimum absolute atomic E-state index is 0.0221. The first-order valence-corrected chi connectivity index (χ1v) is 6.52. The average molecular weight is 250 g/mol. The number of ketones is 1. The minimum Gasteiger partial charge on any atom is -0.387 e. The number of allylic oxidation sites excluding steroid dienone is 2. The zero-order chi connectivity index (χ0) is 13.7. The number of aliphatic hydroxyl groups is 2. The van der Waals surface area contributed by atoms with Crippen LogP contribution in [-0.4, -0.2) is 27.2 Å². The molecule has 3 atom stereocenters. The van der Waals surface area contributed by atoms with Crippen LogP contribution in [0.4, 0.5) is 0 Å². The van der Waals surface area contributed by atoms with Gasteiger partial charge in [0, 0.05) is 17.9 Å². The molecule has 1 saturated carbocycles.